The molecule has 1 fully saturated rings. The Hall–Kier alpha value is -2.42. The molecule has 2 N–H and O–H groups in total. The number of hydrogen-bond donors (Lipinski definition) is 1. The van der Waals surface area contributed by atoms with Gasteiger partial charge in [0.05, 0.1) is 45.1 Å². The molecule has 1 aliphatic carbocycles. The summed E-state index contributed by atoms with van der Waals surface area (Å²) in [7, 11) is 3.27. The number of hydrogen-bond acceptors (Lipinski definition) is 7. The average molecular weight is 457 g/mol. The highest BCUT2D eigenvalue weighted by Crippen LogP contribution is 2.38. The molecule has 0 unspecified atom stereocenters. The second kappa shape index (κ2) is 11.1. The molecule has 0 aromatic heterocycles. The second-order valence-electron chi connectivity index (χ2n) is 8.87. The third kappa shape index (κ3) is 5.23. The van der Waals surface area contributed by atoms with E-state index in [2.05, 4.69) is 17.1 Å². The zero-order chi connectivity index (χ0) is 23.2. The van der Waals surface area contributed by atoms with Gasteiger partial charge in [-0.15, -0.1) is 0 Å². The predicted octanol–water partition coefficient (Wildman–Crippen LogP) is 2.27. The Morgan fingerprint density at radius 2 is 1.76 bits per heavy atom. The highest BCUT2D eigenvalue weighted by molar-refractivity contribution is 6.07. The minimum atomic E-state index is -0.0571. The molecule has 2 heterocycles. The number of carbonyl (C=O) groups is 1. The smallest absolute Gasteiger partial charge is 0.247 e. The molecule has 0 saturated carbocycles. The van der Waals surface area contributed by atoms with Crippen molar-refractivity contribution in [1.29, 1.82) is 0 Å². The van der Waals surface area contributed by atoms with E-state index in [9.17, 15) is 4.79 Å². The number of piperidine rings is 1. The Labute approximate surface area is 196 Å². The summed E-state index contributed by atoms with van der Waals surface area (Å²) in [6, 6.07) is 6.04. The number of nitrogens with two attached hydrogens (primary N) is 1. The third-order valence-corrected chi connectivity index (χ3v) is 6.94. The molecule has 3 aliphatic rings. The van der Waals surface area contributed by atoms with E-state index in [-0.39, 0.29) is 23.8 Å². The van der Waals surface area contributed by atoms with Gasteiger partial charge < -0.3 is 24.8 Å². The number of nitrogens with zero attached hydrogens (tertiary/aromatic N) is 3. The molecule has 0 bridgehead atoms. The quantitative estimate of drug-likeness (QED) is 0.453. The summed E-state index contributed by atoms with van der Waals surface area (Å²) in [5.74, 6) is 1.57. The topological polar surface area (TPSA) is 89.6 Å². The van der Waals surface area contributed by atoms with Crippen LogP contribution in [0.3, 0.4) is 0 Å². The maximum atomic E-state index is 13.5. The van der Waals surface area contributed by atoms with Crippen molar-refractivity contribution in [2.24, 2.45) is 22.7 Å². The molecule has 1 saturated heterocycles. The highest BCUT2D eigenvalue weighted by Gasteiger charge is 2.42. The van der Waals surface area contributed by atoms with Crippen LogP contribution >= 0.6 is 0 Å². The van der Waals surface area contributed by atoms with Crippen molar-refractivity contribution in [2.45, 2.75) is 31.7 Å². The molecule has 33 heavy (non-hydrogen) atoms. The zero-order valence-corrected chi connectivity index (χ0v) is 19.7. The lowest BCUT2D eigenvalue weighted by Crippen LogP contribution is -2.52. The average Bonchev–Trinajstić information content (AvgIpc) is 2.87. The summed E-state index contributed by atoms with van der Waals surface area (Å²) in [4.78, 5) is 15.9. The van der Waals surface area contributed by atoms with Crippen molar-refractivity contribution in [3.8, 4) is 11.5 Å². The molecule has 1 amide bonds. The molecule has 1 aromatic rings. The lowest BCUT2D eigenvalue weighted by Gasteiger charge is -2.42. The van der Waals surface area contributed by atoms with Gasteiger partial charge in [0.2, 0.25) is 5.91 Å². The summed E-state index contributed by atoms with van der Waals surface area (Å²) in [6.07, 6.45) is 7.74. The third-order valence-electron chi connectivity index (χ3n) is 6.94. The summed E-state index contributed by atoms with van der Waals surface area (Å²) in [5, 5.41) is 6.80. The summed E-state index contributed by atoms with van der Waals surface area (Å²) >= 11 is 0. The molecule has 1 aromatic carbocycles. The normalized spacial score (nSPS) is 23.9. The molecule has 8 heteroatoms. The van der Waals surface area contributed by atoms with Crippen molar-refractivity contribution in [1.82, 2.24) is 9.91 Å². The Bertz CT molecular complexity index is 879. The number of methoxy groups -OCH3 is 2. The van der Waals surface area contributed by atoms with Crippen LogP contribution in [0.1, 0.15) is 31.2 Å². The van der Waals surface area contributed by atoms with Gasteiger partial charge in [0.15, 0.2) is 11.5 Å². The minimum absolute atomic E-state index is 0.0571. The van der Waals surface area contributed by atoms with Gasteiger partial charge in [-0.2, -0.15) is 5.10 Å². The fraction of sp³-hybridized carbons (Fsp3) is 0.600. The van der Waals surface area contributed by atoms with E-state index in [0.29, 0.717) is 31.3 Å². The van der Waals surface area contributed by atoms with Crippen molar-refractivity contribution >= 4 is 11.6 Å². The number of carbonyl (C=O) groups excluding carboxylic acids is 1. The number of ether oxygens (including phenoxy) is 3. The number of fused-ring (bicyclic) bond motifs is 1. The van der Waals surface area contributed by atoms with Gasteiger partial charge in [-0.3, -0.25) is 4.79 Å². The van der Waals surface area contributed by atoms with Crippen LogP contribution in [0.15, 0.2) is 35.5 Å². The maximum Gasteiger partial charge on any atom is 0.247 e. The van der Waals surface area contributed by atoms with Gasteiger partial charge in [-0.05, 0) is 43.9 Å². The molecule has 0 radical (unpaired) electrons. The van der Waals surface area contributed by atoms with E-state index in [0.717, 1.165) is 56.6 Å². The molecule has 8 nitrogen and oxygen atoms in total. The lowest BCUT2D eigenvalue weighted by molar-refractivity contribution is -0.141. The standard InChI is InChI=1S/C25H36N4O4/c1-31-22-8-7-18(17-23(22)32-2)24-20-5-3-4-6-21(20)25(30)29(27-24)19-9-12-28(13-10-19)14-16-33-15-11-26/h3-4,7-8,17,19-21H,5-6,9-16,26H2,1-2H3/t20-,21+/m0/s1. The number of rotatable bonds is 9. The van der Waals surface area contributed by atoms with Gasteiger partial charge in [0, 0.05) is 37.7 Å². The first-order valence-corrected chi connectivity index (χ1v) is 12.0. The Morgan fingerprint density at radius 3 is 2.45 bits per heavy atom. The Kier molecular flexibility index (Phi) is 8.01. The van der Waals surface area contributed by atoms with Crippen LogP contribution in [0, 0.1) is 11.8 Å². The van der Waals surface area contributed by atoms with E-state index in [1.807, 2.05) is 18.2 Å². The summed E-state index contributed by atoms with van der Waals surface area (Å²) in [6.45, 7) is 4.63. The maximum absolute atomic E-state index is 13.5. The predicted molar refractivity (Wildman–Crippen MR) is 128 cm³/mol. The molecule has 4 rings (SSSR count). The second-order valence-corrected chi connectivity index (χ2v) is 8.87. The van der Waals surface area contributed by atoms with Gasteiger partial charge >= 0.3 is 0 Å². The molecule has 2 atom stereocenters. The molecule has 2 aliphatic heterocycles. The molecular weight excluding hydrogens is 420 g/mol. The first-order chi connectivity index (χ1) is 16.2. The lowest BCUT2D eigenvalue weighted by atomic mass is 9.76. The Morgan fingerprint density at radius 1 is 1.03 bits per heavy atom. The van der Waals surface area contributed by atoms with Crippen LogP contribution in [0.2, 0.25) is 0 Å². The molecule has 0 spiro atoms. The largest absolute Gasteiger partial charge is 0.493 e. The first kappa shape index (κ1) is 23.7. The van der Waals surface area contributed by atoms with Crippen LogP contribution in [0.5, 0.6) is 11.5 Å². The molecular formula is C25H36N4O4. The fourth-order valence-corrected chi connectivity index (χ4v) is 5.09. The highest BCUT2D eigenvalue weighted by atomic mass is 16.5. The van der Waals surface area contributed by atoms with Crippen LogP contribution in [-0.4, -0.2) is 81.2 Å². The van der Waals surface area contributed by atoms with Crippen LogP contribution in [0.25, 0.3) is 0 Å². The van der Waals surface area contributed by atoms with Crippen LogP contribution in [0.4, 0.5) is 0 Å². The van der Waals surface area contributed by atoms with Crippen molar-refractivity contribution < 1.29 is 19.0 Å². The SMILES string of the molecule is COc1ccc(C2=NN(C3CCN(CCOCCN)CC3)C(=O)[C@@H]3CC=CC[C@H]23)cc1OC. The first-order valence-electron chi connectivity index (χ1n) is 12.0. The number of allylic oxidation sites excluding steroid dienone is 2. The zero-order valence-electron chi connectivity index (χ0n) is 19.7. The fourth-order valence-electron chi connectivity index (χ4n) is 5.09. The monoisotopic (exact) mass is 456 g/mol. The van der Waals surface area contributed by atoms with Crippen molar-refractivity contribution in [3.05, 3.63) is 35.9 Å². The number of hydrazone groups is 1. The number of benzene rings is 1. The van der Waals surface area contributed by atoms with Crippen LogP contribution in [-0.2, 0) is 9.53 Å². The summed E-state index contributed by atoms with van der Waals surface area (Å²) < 4.78 is 16.5. The van der Waals surface area contributed by atoms with E-state index >= 15 is 0 Å². The Balaban J connectivity index is 1.53. The number of likely N-dealkylation sites (tertiary alicyclic amines) is 1. The minimum Gasteiger partial charge on any atom is -0.493 e. The van der Waals surface area contributed by atoms with Gasteiger partial charge in [-0.1, -0.05) is 12.2 Å². The van der Waals surface area contributed by atoms with Gasteiger partial charge in [0.25, 0.3) is 0 Å². The van der Waals surface area contributed by atoms with Gasteiger partial charge in [-0.25, -0.2) is 5.01 Å². The number of amides is 1. The summed E-state index contributed by atoms with van der Waals surface area (Å²) in [5.41, 5.74) is 7.45. The van der Waals surface area contributed by atoms with E-state index in [1.165, 1.54) is 0 Å². The van der Waals surface area contributed by atoms with E-state index < -0.39 is 0 Å². The molecule has 180 valence electrons. The van der Waals surface area contributed by atoms with E-state index in [1.54, 1.807) is 19.2 Å². The van der Waals surface area contributed by atoms with Crippen LogP contribution < -0.4 is 15.2 Å². The van der Waals surface area contributed by atoms with E-state index in [4.69, 9.17) is 25.0 Å². The van der Waals surface area contributed by atoms with Gasteiger partial charge in [0.1, 0.15) is 0 Å². The van der Waals surface area contributed by atoms with Crippen molar-refractivity contribution in [3.63, 3.8) is 0 Å². The van der Waals surface area contributed by atoms with Crippen molar-refractivity contribution in [2.75, 3.05) is 53.6 Å².